The molecule has 3 aromatic carbocycles. The Morgan fingerprint density at radius 1 is 0.968 bits per heavy atom. The number of nitrogens with one attached hydrogen (secondary N) is 1. The van der Waals surface area contributed by atoms with Crippen LogP contribution in [-0.4, -0.2) is 15.5 Å². The van der Waals surface area contributed by atoms with Gasteiger partial charge >= 0.3 is 6.18 Å². The summed E-state index contributed by atoms with van der Waals surface area (Å²) in [5.41, 5.74) is -0.541. The van der Waals surface area contributed by atoms with E-state index in [4.69, 9.17) is 0 Å². The van der Waals surface area contributed by atoms with E-state index in [1.165, 1.54) is 28.8 Å². The lowest BCUT2D eigenvalue weighted by atomic mass is 10.1. The van der Waals surface area contributed by atoms with Crippen molar-refractivity contribution in [2.24, 2.45) is 0 Å². The van der Waals surface area contributed by atoms with Crippen LogP contribution >= 0.6 is 0 Å². The van der Waals surface area contributed by atoms with Crippen molar-refractivity contribution in [2.75, 3.05) is 5.32 Å². The standard InChI is InChI=1S/C23H16F3N3O2/c1-14-27-20-12-5-3-10-18(20)22(31)29(14)16-8-6-7-15(13-16)28-21(30)17-9-2-4-11-19(17)23(24,25)26/h2-13H,1H3,(H,28,30). The Morgan fingerprint density at radius 3 is 2.45 bits per heavy atom. The molecule has 1 aromatic heterocycles. The third-order valence-electron chi connectivity index (χ3n) is 4.78. The predicted octanol–water partition coefficient (Wildman–Crippen LogP) is 4.97. The number of hydrogen-bond donors (Lipinski definition) is 1. The Morgan fingerprint density at radius 2 is 1.68 bits per heavy atom. The summed E-state index contributed by atoms with van der Waals surface area (Å²) in [6.45, 7) is 1.68. The first-order chi connectivity index (χ1) is 14.8. The van der Waals surface area contributed by atoms with Crippen LogP contribution in [-0.2, 0) is 6.18 Å². The maximum absolute atomic E-state index is 13.2. The van der Waals surface area contributed by atoms with Gasteiger partial charge in [0, 0.05) is 5.69 Å². The van der Waals surface area contributed by atoms with Gasteiger partial charge < -0.3 is 5.32 Å². The summed E-state index contributed by atoms with van der Waals surface area (Å²) in [7, 11) is 0. The van der Waals surface area contributed by atoms with Crippen molar-refractivity contribution in [2.45, 2.75) is 13.1 Å². The maximum Gasteiger partial charge on any atom is 0.417 e. The molecule has 0 fully saturated rings. The van der Waals surface area contributed by atoms with Crippen molar-refractivity contribution < 1.29 is 18.0 Å². The van der Waals surface area contributed by atoms with Crippen LogP contribution in [0.2, 0.25) is 0 Å². The van der Waals surface area contributed by atoms with E-state index in [0.29, 0.717) is 22.4 Å². The number of anilines is 1. The lowest BCUT2D eigenvalue weighted by Gasteiger charge is -2.14. The Balaban J connectivity index is 1.72. The average Bonchev–Trinajstić information content (AvgIpc) is 2.73. The molecule has 0 unspecified atom stereocenters. The second-order valence-corrected chi connectivity index (χ2v) is 6.86. The van der Waals surface area contributed by atoms with Gasteiger partial charge in [-0.25, -0.2) is 4.98 Å². The van der Waals surface area contributed by atoms with Crippen LogP contribution in [0.25, 0.3) is 16.6 Å². The topological polar surface area (TPSA) is 64.0 Å². The maximum atomic E-state index is 13.2. The fourth-order valence-electron chi connectivity index (χ4n) is 3.40. The van der Waals surface area contributed by atoms with Gasteiger partial charge in [-0.15, -0.1) is 0 Å². The fourth-order valence-corrected chi connectivity index (χ4v) is 3.40. The Bertz CT molecular complexity index is 1360. The van der Waals surface area contributed by atoms with Crippen LogP contribution in [0.5, 0.6) is 0 Å². The van der Waals surface area contributed by atoms with Crippen molar-refractivity contribution in [1.29, 1.82) is 0 Å². The molecule has 0 saturated heterocycles. The highest BCUT2D eigenvalue weighted by molar-refractivity contribution is 6.05. The normalized spacial score (nSPS) is 11.5. The molecule has 0 aliphatic heterocycles. The van der Waals surface area contributed by atoms with Crippen molar-refractivity contribution in [3.05, 3.63) is 100 Å². The number of aromatic nitrogens is 2. The number of halogens is 3. The summed E-state index contributed by atoms with van der Waals surface area (Å²) in [6, 6.07) is 17.8. The van der Waals surface area contributed by atoms with Crippen LogP contribution in [0, 0.1) is 6.92 Å². The smallest absolute Gasteiger partial charge is 0.322 e. The zero-order valence-electron chi connectivity index (χ0n) is 16.3. The van der Waals surface area contributed by atoms with E-state index in [-0.39, 0.29) is 11.2 Å². The molecule has 5 nitrogen and oxygen atoms in total. The molecular formula is C23H16F3N3O2. The van der Waals surface area contributed by atoms with Gasteiger partial charge in [0.15, 0.2) is 0 Å². The number of amides is 1. The molecule has 0 aliphatic rings. The minimum absolute atomic E-state index is 0.249. The molecule has 0 radical (unpaired) electrons. The lowest BCUT2D eigenvalue weighted by molar-refractivity contribution is -0.137. The highest BCUT2D eigenvalue weighted by Crippen LogP contribution is 2.32. The minimum atomic E-state index is -4.66. The van der Waals surface area contributed by atoms with Gasteiger partial charge in [0.05, 0.1) is 27.7 Å². The van der Waals surface area contributed by atoms with Gasteiger partial charge in [0.2, 0.25) is 0 Å². The van der Waals surface area contributed by atoms with E-state index in [1.54, 1.807) is 43.3 Å². The second kappa shape index (κ2) is 7.71. The van der Waals surface area contributed by atoms with E-state index in [9.17, 15) is 22.8 Å². The molecule has 0 bridgehead atoms. The molecule has 4 rings (SSSR count). The summed E-state index contributed by atoms with van der Waals surface area (Å²) < 4.78 is 41.1. The molecule has 31 heavy (non-hydrogen) atoms. The van der Waals surface area contributed by atoms with Crippen molar-refractivity contribution in [3.63, 3.8) is 0 Å². The number of fused-ring (bicyclic) bond motifs is 1. The first kappa shape index (κ1) is 20.3. The molecule has 4 aromatic rings. The number of benzene rings is 3. The number of para-hydroxylation sites is 1. The third-order valence-corrected chi connectivity index (χ3v) is 4.78. The first-order valence-electron chi connectivity index (χ1n) is 9.32. The van der Waals surface area contributed by atoms with Gasteiger partial charge in [-0.1, -0.05) is 30.3 Å². The number of aryl methyl sites for hydroxylation is 1. The van der Waals surface area contributed by atoms with E-state index in [1.807, 2.05) is 0 Å². The van der Waals surface area contributed by atoms with Gasteiger partial charge in [-0.05, 0) is 49.4 Å². The molecular weight excluding hydrogens is 407 g/mol. The summed E-state index contributed by atoms with van der Waals surface area (Å²) in [6.07, 6.45) is -4.66. The number of hydrogen-bond acceptors (Lipinski definition) is 3. The molecule has 0 atom stereocenters. The second-order valence-electron chi connectivity index (χ2n) is 6.86. The molecule has 1 amide bonds. The summed E-state index contributed by atoms with van der Waals surface area (Å²) in [5, 5.41) is 2.91. The highest BCUT2D eigenvalue weighted by atomic mass is 19.4. The van der Waals surface area contributed by atoms with Gasteiger partial charge in [-0.3, -0.25) is 14.2 Å². The Hall–Kier alpha value is -3.94. The number of carbonyl (C=O) groups excluding carboxylic acids is 1. The molecule has 156 valence electrons. The zero-order chi connectivity index (χ0) is 22.2. The average molecular weight is 423 g/mol. The van der Waals surface area contributed by atoms with Crippen LogP contribution < -0.4 is 10.9 Å². The Labute approximate surface area is 174 Å². The minimum Gasteiger partial charge on any atom is -0.322 e. The summed E-state index contributed by atoms with van der Waals surface area (Å²) in [4.78, 5) is 30.0. The van der Waals surface area contributed by atoms with Gasteiger partial charge in [0.25, 0.3) is 11.5 Å². The first-order valence-corrected chi connectivity index (χ1v) is 9.32. The van der Waals surface area contributed by atoms with E-state index >= 15 is 0 Å². The monoisotopic (exact) mass is 423 g/mol. The molecule has 0 saturated carbocycles. The van der Waals surface area contributed by atoms with E-state index in [0.717, 1.165) is 12.1 Å². The number of rotatable bonds is 3. The van der Waals surface area contributed by atoms with Crippen LogP contribution in [0.4, 0.5) is 18.9 Å². The van der Waals surface area contributed by atoms with Crippen molar-refractivity contribution in [1.82, 2.24) is 9.55 Å². The van der Waals surface area contributed by atoms with Crippen LogP contribution in [0.3, 0.4) is 0 Å². The molecule has 0 spiro atoms. The Kier molecular flexibility index (Phi) is 5.06. The largest absolute Gasteiger partial charge is 0.417 e. The third kappa shape index (κ3) is 3.92. The highest BCUT2D eigenvalue weighted by Gasteiger charge is 2.34. The molecule has 1 heterocycles. The number of nitrogens with zero attached hydrogens (tertiary/aromatic N) is 2. The molecule has 1 N–H and O–H groups in total. The quantitative estimate of drug-likeness (QED) is 0.506. The fraction of sp³-hybridized carbons (Fsp3) is 0.0870. The van der Waals surface area contributed by atoms with E-state index < -0.39 is 23.2 Å². The lowest BCUT2D eigenvalue weighted by Crippen LogP contribution is -2.22. The van der Waals surface area contributed by atoms with Crippen molar-refractivity contribution in [3.8, 4) is 5.69 Å². The summed E-state index contributed by atoms with van der Waals surface area (Å²) >= 11 is 0. The number of alkyl halides is 3. The molecule has 8 heteroatoms. The van der Waals surface area contributed by atoms with Crippen molar-refractivity contribution >= 4 is 22.5 Å². The van der Waals surface area contributed by atoms with Gasteiger partial charge in [-0.2, -0.15) is 13.2 Å². The predicted molar refractivity (Wildman–Crippen MR) is 111 cm³/mol. The van der Waals surface area contributed by atoms with Crippen LogP contribution in [0.1, 0.15) is 21.7 Å². The zero-order valence-corrected chi connectivity index (χ0v) is 16.3. The number of carbonyl (C=O) groups is 1. The summed E-state index contributed by atoms with van der Waals surface area (Å²) in [5.74, 6) is -0.458. The van der Waals surface area contributed by atoms with Crippen LogP contribution in [0.15, 0.2) is 77.6 Å². The van der Waals surface area contributed by atoms with Gasteiger partial charge in [0.1, 0.15) is 5.82 Å². The molecule has 0 aliphatic carbocycles. The SMILES string of the molecule is Cc1nc2ccccc2c(=O)n1-c1cccc(NC(=O)c2ccccc2C(F)(F)F)c1. The van der Waals surface area contributed by atoms with E-state index in [2.05, 4.69) is 10.3 Å².